The van der Waals surface area contributed by atoms with Crippen molar-refractivity contribution in [3.8, 4) is 6.07 Å². The van der Waals surface area contributed by atoms with Crippen molar-refractivity contribution in [2.24, 2.45) is 0 Å². The van der Waals surface area contributed by atoms with E-state index >= 15 is 0 Å². The summed E-state index contributed by atoms with van der Waals surface area (Å²) in [6, 6.07) is 12.3. The third-order valence-electron chi connectivity index (χ3n) is 2.76. The van der Waals surface area contributed by atoms with Crippen molar-refractivity contribution in [3.05, 3.63) is 52.2 Å². The summed E-state index contributed by atoms with van der Waals surface area (Å²) >= 11 is 1.61. The minimum absolute atomic E-state index is 0.227. The number of hydrogen-bond acceptors (Lipinski definition) is 4. The maximum atomic E-state index is 12.1. The molecule has 0 spiro atoms. The third-order valence-corrected chi connectivity index (χ3v) is 5.17. The summed E-state index contributed by atoms with van der Waals surface area (Å²) in [5, 5.41) is 10.5. The molecule has 1 heterocycles. The number of benzene rings is 1. The first-order chi connectivity index (χ1) is 9.62. The average molecular weight is 306 g/mol. The molecule has 0 saturated heterocycles. The van der Waals surface area contributed by atoms with Crippen molar-refractivity contribution >= 4 is 21.4 Å². The van der Waals surface area contributed by atoms with Gasteiger partial charge in [-0.3, -0.25) is 0 Å². The van der Waals surface area contributed by atoms with Crippen LogP contribution in [-0.4, -0.2) is 15.0 Å². The number of sulfonamides is 1. The van der Waals surface area contributed by atoms with Crippen molar-refractivity contribution < 1.29 is 8.42 Å². The summed E-state index contributed by atoms with van der Waals surface area (Å²) < 4.78 is 26.7. The third kappa shape index (κ3) is 3.90. The summed E-state index contributed by atoms with van der Waals surface area (Å²) in [7, 11) is -3.47. The van der Waals surface area contributed by atoms with E-state index in [4.69, 9.17) is 5.26 Å². The highest BCUT2D eigenvalue weighted by atomic mass is 32.2. The fourth-order valence-corrected chi connectivity index (χ4v) is 3.47. The fourth-order valence-electron chi connectivity index (χ4n) is 1.72. The van der Waals surface area contributed by atoms with Crippen LogP contribution in [0.1, 0.15) is 10.4 Å². The Morgan fingerprint density at radius 3 is 2.55 bits per heavy atom. The Morgan fingerprint density at radius 2 is 1.95 bits per heavy atom. The molecule has 1 aromatic carbocycles. The van der Waals surface area contributed by atoms with Gasteiger partial charge in [-0.05, 0) is 35.6 Å². The molecule has 0 bridgehead atoms. The molecule has 0 aliphatic rings. The molecule has 0 aliphatic carbocycles. The van der Waals surface area contributed by atoms with Crippen LogP contribution in [0.25, 0.3) is 0 Å². The Hall–Kier alpha value is -1.68. The van der Waals surface area contributed by atoms with Crippen molar-refractivity contribution in [3.63, 3.8) is 0 Å². The van der Waals surface area contributed by atoms with E-state index in [9.17, 15) is 8.42 Å². The zero-order chi connectivity index (χ0) is 14.4. The first kappa shape index (κ1) is 14.7. The molecule has 20 heavy (non-hydrogen) atoms. The van der Waals surface area contributed by atoms with Crippen LogP contribution in [0.5, 0.6) is 0 Å². The van der Waals surface area contributed by atoms with E-state index in [2.05, 4.69) is 4.72 Å². The van der Waals surface area contributed by atoms with Crippen molar-refractivity contribution in [2.45, 2.75) is 17.7 Å². The van der Waals surface area contributed by atoms with E-state index < -0.39 is 10.0 Å². The number of nitrogens with zero attached hydrogens (tertiary/aromatic N) is 1. The Labute approximate surface area is 122 Å². The molecule has 0 saturated carbocycles. The van der Waals surface area contributed by atoms with Gasteiger partial charge in [-0.25, -0.2) is 13.1 Å². The first-order valence-corrected chi connectivity index (χ1v) is 8.46. The lowest BCUT2D eigenvalue weighted by atomic mass is 10.2. The molecule has 0 amide bonds. The Kier molecular flexibility index (Phi) is 4.90. The molecule has 1 N–H and O–H groups in total. The summed E-state index contributed by atoms with van der Waals surface area (Å²) in [6.07, 6.45) is 0.968. The van der Waals surface area contributed by atoms with Gasteiger partial charge in [0, 0.05) is 11.4 Å². The highest BCUT2D eigenvalue weighted by molar-refractivity contribution is 7.89. The molecule has 0 aliphatic heterocycles. The molecule has 104 valence electrons. The topological polar surface area (TPSA) is 70.0 Å². The summed E-state index contributed by atoms with van der Waals surface area (Å²) in [6.45, 7) is 0.378. The average Bonchev–Trinajstić information content (AvgIpc) is 2.93. The van der Waals surface area contributed by atoms with Crippen molar-refractivity contribution in [2.75, 3.05) is 6.54 Å². The highest BCUT2D eigenvalue weighted by Crippen LogP contribution is 2.12. The van der Waals surface area contributed by atoms with Gasteiger partial charge in [0.25, 0.3) is 0 Å². The second kappa shape index (κ2) is 6.66. The lowest BCUT2D eigenvalue weighted by Gasteiger charge is -2.06. The lowest BCUT2D eigenvalue weighted by Crippen LogP contribution is -2.25. The van der Waals surface area contributed by atoms with Gasteiger partial charge in [0.2, 0.25) is 10.0 Å². The molecule has 2 rings (SSSR count). The second-order valence-corrected chi connectivity index (χ2v) is 7.01. The van der Waals surface area contributed by atoms with Crippen molar-refractivity contribution in [1.82, 2.24) is 4.72 Å². The van der Waals surface area contributed by atoms with E-state index in [1.54, 1.807) is 23.5 Å². The van der Waals surface area contributed by atoms with Gasteiger partial charge in [0.05, 0.1) is 17.4 Å². The van der Waals surface area contributed by atoms with E-state index in [1.165, 1.54) is 12.1 Å². The molecule has 6 heteroatoms. The van der Waals surface area contributed by atoms with Crippen LogP contribution in [0.15, 0.2) is 46.7 Å². The zero-order valence-electron chi connectivity index (χ0n) is 10.7. The van der Waals surface area contributed by atoms with Crippen LogP contribution in [0.4, 0.5) is 0 Å². The molecular weight excluding hydrogens is 292 g/mol. The van der Waals surface area contributed by atoms with Crippen LogP contribution in [-0.2, 0) is 22.9 Å². The van der Waals surface area contributed by atoms with Gasteiger partial charge in [-0.15, -0.1) is 11.3 Å². The van der Waals surface area contributed by atoms with Crippen LogP contribution in [0.3, 0.4) is 0 Å². The molecule has 0 unspecified atom stereocenters. The molecule has 0 radical (unpaired) electrons. The van der Waals surface area contributed by atoms with Gasteiger partial charge >= 0.3 is 0 Å². The maximum Gasteiger partial charge on any atom is 0.240 e. The molecule has 0 fully saturated rings. The van der Waals surface area contributed by atoms with E-state index in [1.807, 2.05) is 23.6 Å². The van der Waals surface area contributed by atoms with Crippen LogP contribution in [0, 0.1) is 11.3 Å². The van der Waals surface area contributed by atoms with Crippen LogP contribution >= 0.6 is 11.3 Å². The van der Waals surface area contributed by atoms with Crippen LogP contribution < -0.4 is 4.72 Å². The smallest absolute Gasteiger partial charge is 0.211 e. The van der Waals surface area contributed by atoms with Crippen LogP contribution in [0.2, 0.25) is 0 Å². The number of hydrogen-bond donors (Lipinski definition) is 1. The molecule has 2 aromatic rings. The van der Waals surface area contributed by atoms with E-state index in [0.29, 0.717) is 13.0 Å². The van der Waals surface area contributed by atoms with E-state index in [0.717, 1.165) is 10.4 Å². The Morgan fingerprint density at radius 1 is 1.20 bits per heavy atom. The number of nitriles is 1. The number of thiophene rings is 1. The SMILES string of the molecule is N#CCc1ccc(S(=O)(=O)NCCc2cccs2)cc1. The predicted molar refractivity (Wildman–Crippen MR) is 79.0 cm³/mol. The van der Waals surface area contributed by atoms with Gasteiger partial charge in [0.1, 0.15) is 0 Å². The number of rotatable bonds is 6. The fraction of sp³-hybridized carbons (Fsp3) is 0.214. The molecule has 1 aromatic heterocycles. The van der Waals surface area contributed by atoms with Gasteiger partial charge in [-0.1, -0.05) is 18.2 Å². The standard InChI is InChI=1S/C14H14N2O2S2/c15-9-7-12-3-5-14(6-4-12)20(17,18)16-10-8-13-2-1-11-19-13/h1-6,11,16H,7-8,10H2. The lowest BCUT2D eigenvalue weighted by molar-refractivity contribution is 0.582. The first-order valence-electron chi connectivity index (χ1n) is 6.10. The second-order valence-electron chi connectivity index (χ2n) is 4.21. The maximum absolute atomic E-state index is 12.1. The van der Waals surface area contributed by atoms with Gasteiger partial charge in [0.15, 0.2) is 0 Å². The largest absolute Gasteiger partial charge is 0.240 e. The van der Waals surface area contributed by atoms with E-state index in [-0.39, 0.29) is 11.3 Å². The minimum Gasteiger partial charge on any atom is -0.211 e. The summed E-state index contributed by atoms with van der Waals surface area (Å²) in [4.78, 5) is 1.38. The van der Waals surface area contributed by atoms with Gasteiger partial charge < -0.3 is 0 Å². The Balaban J connectivity index is 1.97. The summed E-state index contributed by atoms with van der Waals surface area (Å²) in [5.74, 6) is 0. The van der Waals surface area contributed by atoms with Gasteiger partial charge in [-0.2, -0.15) is 5.26 Å². The Bertz CT molecular complexity index is 684. The molecular formula is C14H14N2O2S2. The van der Waals surface area contributed by atoms with Crippen molar-refractivity contribution in [1.29, 1.82) is 5.26 Å². The zero-order valence-corrected chi connectivity index (χ0v) is 12.4. The quantitative estimate of drug-likeness (QED) is 0.890. The summed E-state index contributed by atoms with van der Waals surface area (Å²) in [5.41, 5.74) is 0.810. The molecule has 4 nitrogen and oxygen atoms in total. The number of nitrogens with one attached hydrogen (secondary N) is 1. The monoisotopic (exact) mass is 306 g/mol. The normalized spacial score (nSPS) is 11.2. The minimum atomic E-state index is -3.47. The predicted octanol–water partition coefficient (Wildman–Crippen LogP) is 2.34. The highest BCUT2D eigenvalue weighted by Gasteiger charge is 2.13. The molecule has 0 atom stereocenters.